The molecule has 0 radical (unpaired) electrons. The summed E-state index contributed by atoms with van der Waals surface area (Å²) < 4.78 is 26.6. The zero-order chi connectivity index (χ0) is 12.4. The number of halogens is 3. The van der Waals surface area contributed by atoms with Crippen molar-refractivity contribution in [2.24, 2.45) is 0 Å². The van der Waals surface area contributed by atoms with Crippen molar-refractivity contribution in [1.29, 1.82) is 0 Å². The van der Waals surface area contributed by atoms with E-state index in [-0.39, 0.29) is 10.2 Å². The van der Waals surface area contributed by atoms with Gasteiger partial charge < -0.3 is 11.1 Å². The number of rotatable bonds is 2. The molecule has 1 aromatic carbocycles. The van der Waals surface area contributed by atoms with Gasteiger partial charge in [-0.3, -0.25) is 0 Å². The number of pyridine rings is 1. The van der Waals surface area contributed by atoms with Crippen LogP contribution >= 0.6 is 15.9 Å². The molecule has 17 heavy (non-hydrogen) atoms. The lowest BCUT2D eigenvalue weighted by Crippen LogP contribution is -1.98. The minimum Gasteiger partial charge on any atom is -0.397 e. The molecule has 3 N–H and O–H groups in total. The van der Waals surface area contributed by atoms with Gasteiger partial charge in [0.15, 0.2) is 5.82 Å². The van der Waals surface area contributed by atoms with E-state index >= 15 is 0 Å². The lowest BCUT2D eigenvalue weighted by molar-refractivity contribution is 0.584. The molecule has 0 aliphatic heterocycles. The molecule has 0 saturated carbocycles. The molecule has 2 aromatic rings. The largest absolute Gasteiger partial charge is 0.397 e. The summed E-state index contributed by atoms with van der Waals surface area (Å²) in [6, 6.07) is 5.20. The molecule has 0 bridgehead atoms. The van der Waals surface area contributed by atoms with E-state index in [0.717, 1.165) is 6.07 Å². The van der Waals surface area contributed by atoms with Crippen molar-refractivity contribution in [1.82, 2.24) is 4.98 Å². The Morgan fingerprint density at radius 1 is 1.24 bits per heavy atom. The van der Waals surface area contributed by atoms with Crippen molar-refractivity contribution >= 4 is 33.1 Å². The molecule has 0 spiro atoms. The van der Waals surface area contributed by atoms with E-state index in [1.165, 1.54) is 12.3 Å². The molecule has 1 aromatic heterocycles. The molecule has 0 unspecified atom stereocenters. The highest BCUT2D eigenvalue weighted by molar-refractivity contribution is 9.10. The van der Waals surface area contributed by atoms with Gasteiger partial charge in [0.25, 0.3) is 0 Å². The molecular weight excluding hydrogens is 292 g/mol. The first-order valence-corrected chi connectivity index (χ1v) is 5.48. The Balaban J connectivity index is 2.33. The fourth-order valence-electron chi connectivity index (χ4n) is 1.27. The maximum atomic E-state index is 13.5. The Bertz CT molecular complexity index is 520. The maximum Gasteiger partial charge on any atom is 0.150 e. The SMILES string of the molecule is Nc1ccc(Nc2c(F)cc(F)cc2Br)nc1. The second-order valence-corrected chi connectivity index (χ2v) is 4.20. The van der Waals surface area contributed by atoms with E-state index in [4.69, 9.17) is 5.73 Å². The Hall–Kier alpha value is -1.69. The quantitative estimate of drug-likeness (QED) is 0.893. The number of benzene rings is 1. The molecule has 3 nitrogen and oxygen atoms in total. The molecule has 0 saturated heterocycles. The predicted molar refractivity (Wildman–Crippen MR) is 66.0 cm³/mol. The van der Waals surface area contributed by atoms with Crippen molar-refractivity contribution in [3.63, 3.8) is 0 Å². The van der Waals surface area contributed by atoms with Gasteiger partial charge in [-0.15, -0.1) is 0 Å². The summed E-state index contributed by atoms with van der Waals surface area (Å²) in [5, 5.41) is 2.74. The van der Waals surface area contributed by atoms with E-state index in [0.29, 0.717) is 11.5 Å². The van der Waals surface area contributed by atoms with E-state index in [9.17, 15) is 8.78 Å². The van der Waals surface area contributed by atoms with Crippen LogP contribution in [0.3, 0.4) is 0 Å². The van der Waals surface area contributed by atoms with Crippen LogP contribution in [0, 0.1) is 11.6 Å². The van der Waals surface area contributed by atoms with E-state index in [1.807, 2.05) is 0 Å². The third-order valence-electron chi connectivity index (χ3n) is 2.05. The first-order valence-electron chi connectivity index (χ1n) is 4.69. The van der Waals surface area contributed by atoms with Crippen molar-refractivity contribution in [3.05, 3.63) is 46.6 Å². The van der Waals surface area contributed by atoms with Crippen LogP contribution < -0.4 is 11.1 Å². The first kappa shape index (κ1) is 11.8. The van der Waals surface area contributed by atoms with Crippen LogP contribution in [0.4, 0.5) is 26.0 Å². The third kappa shape index (κ3) is 2.71. The summed E-state index contributed by atoms with van der Waals surface area (Å²) in [5.74, 6) is -0.925. The minimum absolute atomic E-state index is 0.128. The predicted octanol–water partition coefficient (Wildman–Crippen LogP) is 3.45. The van der Waals surface area contributed by atoms with Crippen LogP contribution in [-0.4, -0.2) is 4.98 Å². The number of hydrogen-bond donors (Lipinski definition) is 2. The van der Waals surface area contributed by atoms with Crippen molar-refractivity contribution < 1.29 is 8.78 Å². The fourth-order valence-corrected chi connectivity index (χ4v) is 1.78. The molecule has 0 amide bonds. The lowest BCUT2D eigenvalue weighted by atomic mass is 10.3. The molecule has 88 valence electrons. The van der Waals surface area contributed by atoms with Gasteiger partial charge in [-0.2, -0.15) is 0 Å². The number of nitrogens with two attached hydrogens (primary N) is 1. The topological polar surface area (TPSA) is 50.9 Å². The minimum atomic E-state index is -0.699. The summed E-state index contributed by atoms with van der Waals surface area (Å²) in [6.07, 6.45) is 1.44. The summed E-state index contributed by atoms with van der Waals surface area (Å²) in [4.78, 5) is 3.96. The molecule has 0 aliphatic rings. The van der Waals surface area contributed by atoms with Crippen LogP contribution in [-0.2, 0) is 0 Å². The van der Waals surface area contributed by atoms with Gasteiger partial charge >= 0.3 is 0 Å². The van der Waals surface area contributed by atoms with E-state index in [1.54, 1.807) is 12.1 Å². The Kier molecular flexibility index (Phi) is 3.23. The first-order chi connectivity index (χ1) is 8.06. The van der Waals surface area contributed by atoms with E-state index < -0.39 is 11.6 Å². The third-order valence-corrected chi connectivity index (χ3v) is 2.67. The monoisotopic (exact) mass is 299 g/mol. The second kappa shape index (κ2) is 4.67. The van der Waals surface area contributed by atoms with Gasteiger partial charge in [-0.05, 0) is 34.1 Å². The van der Waals surface area contributed by atoms with Crippen molar-refractivity contribution in [2.75, 3.05) is 11.1 Å². The molecule has 0 aliphatic carbocycles. The average Bonchev–Trinajstić information content (AvgIpc) is 2.26. The molecule has 6 heteroatoms. The highest BCUT2D eigenvalue weighted by Gasteiger charge is 2.10. The number of nitrogens with one attached hydrogen (secondary N) is 1. The highest BCUT2D eigenvalue weighted by atomic mass is 79.9. The van der Waals surface area contributed by atoms with Gasteiger partial charge in [0, 0.05) is 10.5 Å². The smallest absolute Gasteiger partial charge is 0.150 e. The molecule has 0 atom stereocenters. The summed E-state index contributed by atoms with van der Waals surface area (Å²) >= 11 is 3.07. The average molecular weight is 300 g/mol. The molecule has 0 fully saturated rings. The normalized spacial score (nSPS) is 10.3. The van der Waals surface area contributed by atoms with Crippen molar-refractivity contribution in [3.8, 4) is 0 Å². The summed E-state index contributed by atoms with van der Waals surface area (Å²) in [6.45, 7) is 0. The van der Waals surface area contributed by atoms with E-state index in [2.05, 4.69) is 26.2 Å². The fraction of sp³-hybridized carbons (Fsp3) is 0. The number of aromatic nitrogens is 1. The molecule has 1 heterocycles. The number of anilines is 3. The van der Waals surface area contributed by atoms with Gasteiger partial charge in [-0.25, -0.2) is 13.8 Å². The number of nitrogens with zero attached hydrogens (tertiary/aromatic N) is 1. The zero-order valence-corrected chi connectivity index (χ0v) is 10.1. The number of hydrogen-bond acceptors (Lipinski definition) is 3. The van der Waals surface area contributed by atoms with Gasteiger partial charge in [0.2, 0.25) is 0 Å². The van der Waals surface area contributed by atoms with Gasteiger partial charge in [0.05, 0.1) is 17.6 Å². The number of nitrogen functional groups attached to an aromatic ring is 1. The highest BCUT2D eigenvalue weighted by Crippen LogP contribution is 2.29. The standard InChI is InChI=1S/C11H8BrF2N3/c12-8-3-6(13)4-9(14)11(8)17-10-2-1-7(15)5-16-10/h1-5H,15H2,(H,16,17). The van der Waals surface area contributed by atoms with Crippen molar-refractivity contribution in [2.45, 2.75) is 0 Å². The second-order valence-electron chi connectivity index (χ2n) is 3.35. The van der Waals surface area contributed by atoms with Crippen LogP contribution in [0.1, 0.15) is 0 Å². The molecular formula is C11H8BrF2N3. The lowest BCUT2D eigenvalue weighted by Gasteiger charge is -2.09. The summed E-state index contributed by atoms with van der Waals surface area (Å²) in [5.41, 5.74) is 6.11. The van der Waals surface area contributed by atoms with Gasteiger partial charge in [-0.1, -0.05) is 0 Å². The Labute approximate surface area is 105 Å². The zero-order valence-electron chi connectivity index (χ0n) is 8.55. The van der Waals surface area contributed by atoms with Crippen LogP contribution in [0.2, 0.25) is 0 Å². The van der Waals surface area contributed by atoms with Crippen LogP contribution in [0.15, 0.2) is 34.9 Å². The summed E-state index contributed by atoms with van der Waals surface area (Å²) in [7, 11) is 0. The molecule has 2 rings (SSSR count). The maximum absolute atomic E-state index is 13.5. The van der Waals surface area contributed by atoms with Crippen LogP contribution in [0.25, 0.3) is 0 Å². The Morgan fingerprint density at radius 2 is 2.00 bits per heavy atom. The van der Waals surface area contributed by atoms with Gasteiger partial charge in [0.1, 0.15) is 11.6 Å². The van der Waals surface area contributed by atoms with Crippen LogP contribution in [0.5, 0.6) is 0 Å². The Morgan fingerprint density at radius 3 is 2.59 bits per heavy atom.